The lowest BCUT2D eigenvalue weighted by molar-refractivity contribution is 0.465. The molecule has 0 aliphatic heterocycles. The first kappa shape index (κ1) is 7.74. The van der Waals surface area contributed by atoms with Gasteiger partial charge in [-0.3, -0.25) is 0 Å². The molecule has 0 spiro atoms. The molecular formula is C9H8FN. The van der Waals surface area contributed by atoms with Crippen LogP contribution in [0.2, 0.25) is 0 Å². The molecule has 1 unspecified atom stereocenters. The predicted octanol–water partition coefficient (Wildman–Crippen LogP) is 2.62. The summed E-state index contributed by atoms with van der Waals surface area (Å²) in [6.45, 7) is 6.08. The minimum atomic E-state index is -0.615. The van der Waals surface area contributed by atoms with E-state index in [2.05, 4.69) is 4.85 Å². The quantitative estimate of drug-likeness (QED) is 0.569. The van der Waals surface area contributed by atoms with Crippen LogP contribution in [0.1, 0.15) is 11.6 Å². The molecule has 1 aromatic rings. The third kappa shape index (κ3) is 1.78. The van der Waals surface area contributed by atoms with Crippen molar-refractivity contribution in [2.75, 3.05) is 6.67 Å². The molecule has 0 aromatic heterocycles. The second-order valence-corrected chi connectivity index (χ2v) is 2.21. The van der Waals surface area contributed by atoms with Crippen molar-refractivity contribution in [2.24, 2.45) is 0 Å². The van der Waals surface area contributed by atoms with Gasteiger partial charge in [0, 0.05) is 5.56 Å². The van der Waals surface area contributed by atoms with Crippen LogP contribution in [-0.2, 0) is 0 Å². The topological polar surface area (TPSA) is 4.36 Å². The molecule has 1 nitrogen and oxygen atoms in total. The number of alkyl halides is 1. The molecule has 0 saturated heterocycles. The molecule has 0 heterocycles. The van der Waals surface area contributed by atoms with Gasteiger partial charge in [0.2, 0.25) is 0 Å². The molecule has 1 rings (SSSR count). The number of nitrogens with zero attached hydrogens (tertiary/aromatic N) is 1. The van der Waals surface area contributed by atoms with E-state index in [-0.39, 0.29) is 0 Å². The van der Waals surface area contributed by atoms with Crippen LogP contribution in [0.3, 0.4) is 0 Å². The SMILES string of the molecule is [C-]#[N+]C(CF)c1ccccc1. The molecule has 0 amide bonds. The lowest BCUT2D eigenvalue weighted by Crippen LogP contribution is -1.93. The van der Waals surface area contributed by atoms with Crippen LogP contribution in [0, 0.1) is 6.57 Å². The molecule has 0 aliphatic carbocycles. The summed E-state index contributed by atoms with van der Waals surface area (Å²) in [6.07, 6.45) is 0. The first-order valence-electron chi connectivity index (χ1n) is 3.36. The van der Waals surface area contributed by atoms with Crippen molar-refractivity contribution in [3.05, 3.63) is 47.3 Å². The third-order valence-electron chi connectivity index (χ3n) is 1.49. The van der Waals surface area contributed by atoms with Gasteiger partial charge >= 0.3 is 0 Å². The van der Waals surface area contributed by atoms with Crippen molar-refractivity contribution in [3.8, 4) is 0 Å². The van der Waals surface area contributed by atoms with Gasteiger partial charge in [-0.15, -0.1) is 0 Å². The Hall–Kier alpha value is -1.36. The number of hydrogen-bond acceptors (Lipinski definition) is 0. The van der Waals surface area contributed by atoms with E-state index in [4.69, 9.17) is 6.57 Å². The summed E-state index contributed by atoms with van der Waals surface area (Å²) >= 11 is 0. The monoisotopic (exact) mass is 149 g/mol. The van der Waals surface area contributed by atoms with Crippen LogP contribution >= 0.6 is 0 Å². The summed E-state index contributed by atoms with van der Waals surface area (Å²) in [5.74, 6) is 0. The van der Waals surface area contributed by atoms with Crippen LogP contribution in [-0.4, -0.2) is 6.67 Å². The fraction of sp³-hybridized carbons (Fsp3) is 0.222. The highest BCUT2D eigenvalue weighted by Crippen LogP contribution is 2.16. The Morgan fingerprint density at radius 2 is 2.00 bits per heavy atom. The van der Waals surface area contributed by atoms with Crippen LogP contribution in [0.25, 0.3) is 4.85 Å². The summed E-state index contributed by atoms with van der Waals surface area (Å²) in [7, 11) is 0. The minimum absolute atomic E-state index is 0.604. The molecule has 1 atom stereocenters. The number of hydrogen-bond donors (Lipinski definition) is 0. The van der Waals surface area contributed by atoms with E-state index in [1.165, 1.54) is 0 Å². The summed E-state index contributed by atoms with van der Waals surface area (Å²) in [4.78, 5) is 3.15. The van der Waals surface area contributed by atoms with Crippen LogP contribution in [0.5, 0.6) is 0 Å². The number of halogens is 1. The Bertz CT molecular complexity index is 250. The highest BCUT2D eigenvalue weighted by molar-refractivity contribution is 5.21. The van der Waals surface area contributed by atoms with Crippen molar-refractivity contribution in [1.29, 1.82) is 0 Å². The molecular weight excluding hydrogens is 141 g/mol. The summed E-state index contributed by atoms with van der Waals surface area (Å²) in [5, 5.41) is 0. The lowest BCUT2D eigenvalue weighted by atomic mass is 10.1. The lowest BCUT2D eigenvalue weighted by Gasteiger charge is -1.98. The number of benzene rings is 1. The summed E-state index contributed by atoms with van der Waals surface area (Å²) in [6, 6.07) is 8.39. The van der Waals surface area contributed by atoms with Crippen molar-refractivity contribution in [3.63, 3.8) is 0 Å². The van der Waals surface area contributed by atoms with E-state index in [1.54, 1.807) is 12.1 Å². The van der Waals surface area contributed by atoms with E-state index in [1.807, 2.05) is 18.2 Å². The van der Waals surface area contributed by atoms with Crippen LogP contribution < -0.4 is 0 Å². The normalized spacial score (nSPS) is 12.0. The van der Waals surface area contributed by atoms with Gasteiger partial charge in [0.25, 0.3) is 6.04 Å². The molecule has 11 heavy (non-hydrogen) atoms. The van der Waals surface area contributed by atoms with Gasteiger partial charge in [-0.05, 0) is 0 Å². The zero-order chi connectivity index (χ0) is 8.10. The van der Waals surface area contributed by atoms with Gasteiger partial charge in [-0.2, -0.15) is 0 Å². The smallest absolute Gasteiger partial charge is 0.276 e. The summed E-state index contributed by atoms with van der Waals surface area (Å²) in [5.41, 5.74) is 0.755. The van der Waals surface area contributed by atoms with Gasteiger partial charge in [0.1, 0.15) is 0 Å². The van der Waals surface area contributed by atoms with E-state index >= 15 is 0 Å². The predicted molar refractivity (Wildman–Crippen MR) is 41.8 cm³/mol. The second kappa shape index (κ2) is 3.72. The highest BCUT2D eigenvalue weighted by atomic mass is 19.1. The Morgan fingerprint density at radius 1 is 1.36 bits per heavy atom. The van der Waals surface area contributed by atoms with Crippen molar-refractivity contribution in [2.45, 2.75) is 6.04 Å². The average Bonchev–Trinajstić information content (AvgIpc) is 2.09. The van der Waals surface area contributed by atoms with Crippen molar-refractivity contribution >= 4 is 0 Å². The van der Waals surface area contributed by atoms with Gasteiger partial charge < -0.3 is 4.85 Å². The van der Waals surface area contributed by atoms with Crippen LogP contribution in [0.15, 0.2) is 30.3 Å². The molecule has 0 bridgehead atoms. The van der Waals surface area contributed by atoms with Crippen molar-refractivity contribution in [1.82, 2.24) is 0 Å². The van der Waals surface area contributed by atoms with E-state index in [0.29, 0.717) is 0 Å². The average molecular weight is 149 g/mol. The third-order valence-corrected chi connectivity index (χ3v) is 1.49. The highest BCUT2D eigenvalue weighted by Gasteiger charge is 2.13. The second-order valence-electron chi connectivity index (χ2n) is 2.21. The fourth-order valence-electron chi connectivity index (χ4n) is 0.873. The van der Waals surface area contributed by atoms with Gasteiger partial charge in [-0.25, -0.2) is 11.0 Å². The Kier molecular flexibility index (Phi) is 2.62. The summed E-state index contributed by atoms with van der Waals surface area (Å²) < 4.78 is 12.1. The zero-order valence-corrected chi connectivity index (χ0v) is 6.00. The first-order valence-corrected chi connectivity index (χ1v) is 3.36. The molecule has 1 aromatic carbocycles. The van der Waals surface area contributed by atoms with E-state index in [9.17, 15) is 4.39 Å². The maximum Gasteiger partial charge on any atom is 0.276 e. The van der Waals surface area contributed by atoms with Crippen molar-refractivity contribution < 1.29 is 4.39 Å². The van der Waals surface area contributed by atoms with E-state index in [0.717, 1.165) is 5.56 Å². The first-order chi connectivity index (χ1) is 5.38. The van der Waals surface area contributed by atoms with E-state index < -0.39 is 12.7 Å². The Morgan fingerprint density at radius 3 is 2.45 bits per heavy atom. The zero-order valence-electron chi connectivity index (χ0n) is 6.00. The largest absolute Gasteiger partial charge is 0.306 e. The van der Waals surface area contributed by atoms with Gasteiger partial charge in [-0.1, -0.05) is 30.3 Å². The maximum atomic E-state index is 12.1. The molecule has 0 fully saturated rings. The molecule has 0 radical (unpaired) electrons. The molecule has 56 valence electrons. The maximum absolute atomic E-state index is 12.1. The van der Waals surface area contributed by atoms with Gasteiger partial charge in [0.05, 0.1) is 0 Å². The molecule has 0 saturated carbocycles. The Labute approximate surface area is 65.3 Å². The van der Waals surface area contributed by atoms with Gasteiger partial charge in [0.15, 0.2) is 6.67 Å². The molecule has 0 aliphatic rings. The minimum Gasteiger partial charge on any atom is -0.306 e. The molecule has 2 heteroatoms. The Balaban J connectivity index is 2.85. The number of rotatable bonds is 2. The van der Waals surface area contributed by atoms with Crippen LogP contribution in [0.4, 0.5) is 4.39 Å². The fourth-order valence-corrected chi connectivity index (χ4v) is 0.873. The standard InChI is InChI=1S/C9H8FN/c1-11-9(7-10)8-5-3-2-4-6-8/h2-6,9H,7H2. The molecule has 0 N–H and O–H groups in total.